The molecule has 1 aliphatic heterocycles. The summed E-state index contributed by atoms with van der Waals surface area (Å²) >= 11 is 0. The Morgan fingerprint density at radius 3 is 2.00 bits per heavy atom. The minimum absolute atomic E-state index is 0.0704. The van der Waals surface area contributed by atoms with Crippen LogP contribution in [0.1, 0.15) is 30.1 Å². The molecule has 0 aliphatic carbocycles. The third kappa shape index (κ3) is 4.91. The van der Waals surface area contributed by atoms with Crippen molar-refractivity contribution in [3.8, 4) is 0 Å². The lowest BCUT2D eigenvalue weighted by Gasteiger charge is -2.30. The van der Waals surface area contributed by atoms with Gasteiger partial charge < -0.3 is 14.7 Å². The fourth-order valence-corrected chi connectivity index (χ4v) is 3.34. The fraction of sp³-hybridized carbons (Fsp3) is 0.381. The lowest BCUT2D eigenvalue weighted by Crippen LogP contribution is -2.38. The molecule has 3 rings (SSSR count). The van der Waals surface area contributed by atoms with Gasteiger partial charge in [-0.15, -0.1) is 0 Å². The van der Waals surface area contributed by atoms with E-state index in [9.17, 15) is 4.79 Å². The van der Waals surface area contributed by atoms with Crippen LogP contribution in [-0.2, 0) is 9.53 Å². The van der Waals surface area contributed by atoms with Gasteiger partial charge in [0.2, 0.25) is 0 Å². The molecule has 1 fully saturated rings. The number of hydrogen-bond donors (Lipinski definition) is 1. The van der Waals surface area contributed by atoms with Crippen molar-refractivity contribution in [1.29, 1.82) is 0 Å². The molecular weight excluding hydrogens is 314 g/mol. The Morgan fingerprint density at radius 2 is 1.52 bits per heavy atom. The summed E-state index contributed by atoms with van der Waals surface area (Å²) in [6.45, 7) is 3.14. The monoisotopic (exact) mass is 339 g/mol. The fourth-order valence-electron chi connectivity index (χ4n) is 3.34. The summed E-state index contributed by atoms with van der Waals surface area (Å²) in [5.74, 6) is -0.845. The minimum atomic E-state index is -0.663. The van der Waals surface area contributed by atoms with Crippen molar-refractivity contribution in [2.45, 2.75) is 18.9 Å². The van der Waals surface area contributed by atoms with Gasteiger partial charge in [-0.1, -0.05) is 60.7 Å². The van der Waals surface area contributed by atoms with Crippen LogP contribution in [0, 0.1) is 5.92 Å². The molecular formula is C21H25NO3. The van der Waals surface area contributed by atoms with Crippen LogP contribution in [0.4, 0.5) is 0 Å². The zero-order chi connectivity index (χ0) is 17.5. The topological polar surface area (TPSA) is 49.8 Å². The van der Waals surface area contributed by atoms with Crippen LogP contribution in [0.25, 0.3) is 0 Å². The SMILES string of the molecule is O=C(O)C1CCN(CCOC(c2ccccc2)c2ccccc2)CC1. The highest BCUT2D eigenvalue weighted by atomic mass is 16.5. The largest absolute Gasteiger partial charge is 0.481 e. The van der Waals surface area contributed by atoms with E-state index in [1.165, 1.54) is 0 Å². The highest BCUT2D eigenvalue weighted by molar-refractivity contribution is 5.70. The lowest BCUT2D eigenvalue weighted by atomic mass is 9.97. The van der Waals surface area contributed by atoms with Gasteiger partial charge in [-0.3, -0.25) is 4.79 Å². The van der Waals surface area contributed by atoms with Crippen LogP contribution in [0.15, 0.2) is 60.7 Å². The number of aliphatic carboxylic acids is 1. The Kier molecular flexibility index (Phi) is 6.20. The van der Waals surface area contributed by atoms with Gasteiger partial charge in [0.1, 0.15) is 6.10 Å². The van der Waals surface area contributed by atoms with Crippen LogP contribution < -0.4 is 0 Å². The van der Waals surface area contributed by atoms with Crippen LogP contribution >= 0.6 is 0 Å². The molecule has 0 unspecified atom stereocenters. The molecule has 0 radical (unpaired) electrons. The van der Waals surface area contributed by atoms with Gasteiger partial charge in [-0.05, 0) is 37.1 Å². The quantitative estimate of drug-likeness (QED) is 0.837. The Hall–Kier alpha value is -2.17. The van der Waals surface area contributed by atoms with E-state index >= 15 is 0 Å². The summed E-state index contributed by atoms with van der Waals surface area (Å²) in [5.41, 5.74) is 2.30. The molecule has 1 saturated heterocycles. The normalized spacial score (nSPS) is 16.2. The first kappa shape index (κ1) is 17.6. The molecule has 4 heteroatoms. The number of likely N-dealkylation sites (tertiary alicyclic amines) is 1. The standard InChI is InChI=1S/C21H25NO3/c23-21(24)19-11-13-22(14-12-19)15-16-25-20(17-7-3-1-4-8-17)18-9-5-2-6-10-18/h1-10,19-20H,11-16H2,(H,23,24). The average molecular weight is 339 g/mol. The van der Waals surface area contributed by atoms with Gasteiger partial charge in [-0.2, -0.15) is 0 Å². The molecule has 4 nitrogen and oxygen atoms in total. The van der Waals surface area contributed by atoms with Crippen LogP contribution in [0.2, 0.25) is 0 Å². The first-order valence-corrected chi connectivity index (χ1v) is 8.90. The Balaban J connectivity index is 1.56. The number of piperidine rings is 1. The number of rotatable bonds is 7. The van der Waals surface area contributed by atoms with Crippen molar-refractivity contribution >= 4 is 5.97 Å². The van der Waals surface area contributed by atoms with Gasteiger partial charge in [-0.25, -0.2) is 0 Å². The second-order valence-corrected chi connectivity index (χ2v) is 6.53. The lowest BCUT2D eigenvalue weighted by molar-refractivity contribution is -0.143. The number of carboxylic acids is 1. The smallest absolute Gasteiger partial charge is 0.306 e. The van der Waals surface area contributed by atoms with Crippen LogP contribution in [0.5, 0.6) is 0 Å². The average Bonchev–Trinajstić information content (AvgIpc) is 2.67. The number of carbonyl (C=O) groups is 1. The number of benzene rings is 2. The third-order valence-corrected chi connectivity index (χ3v) is 4.83. The molecule has 2 aromatic rings. The Bertz CT molecular complexity index is 612. The van der Waals surface area contributed by atoms with Gasteiger partial charge in [0.15, 0.2) is 0 Å². The first-order chi connectivity index (χ1) is 12.2. The molecule has 0 amide bonds. The predicted molar refractivity (Wildman–Crippen MR) is 97.5 cm³/mol. The Morgan fingerprint density at radius 1 is 1.00 bits per heavy atom. The molecule has 0 aromatic heterocycles. The number of carboxylic acid groups (broad SMARTS) is 1. The van der Waals surface area contributed by atoms with E-state index in [1.54, 1.807) is 0 Å². The van der Waals surface area contributed by atoms with Crippen molar-refractivity contribution in [3.05, 3.63) is 71.8 Å². The number of nitrogens with zero attached hydrogens (tertiary/aromatic N) is 1. The van der Waals surface area contributed by atoms with E-state index in [0.29, 0.717) is 6.61 Å². The van der Waals surface area contributed by atoms with Gasteiger partial charge in [0.05, 0.1) is 12.5 Å². The molecule has 2 aromatic carbocycles. The predicted octanol–water partition coefficient (Wildman–Crippen LogP) is 3.59. The summed E-state index contributed by atoms with van der Waals surface area (Å²) in [4.78, 5) is 13.3. The van der Waals surface area contributed by atoms with E-state index in [0.717, 1.165) is 43.6 Å². The molecule has 0 spiro atoms. The van der Waals surface area contributed by atoms with Crippen LogP contribution in [0.3, 0.4) is 0 Å². The summed E-state index contributed by atoms with van der Waals surface area (Å²) in [6.07, 6.45) is 1.39. The van der Waals surface area contributed by atoms with E-state index in [2.05, 4.69) is 29.2 Å². The number of hydrogen-bond acceptors (Lipinski definition) is 3. The molecule has 25 heavy (non-hydrogen) atoms. The Labute approximate surface area is 149 Å². The van der Waals surface area contributed by atoms with Gasteiger partial charge in [0.25, 0.3) is 0 Å². The van der Waals surface area contributed by atoms with E-state index in [4.69, 9.17) is 9.84 Å². The summed E-state index contributed by atoms with van der Waals surface area (Å²) < 4.78 is 6.23. The van der Waals surface area contributed by atoms with Gasteiger partial charge in [0, 0.05) is 6.54 Å². The maximum atomic E-state index is 11.0. The van der Waals surface area contributed by atoms with Crippen molar-refractivity contribution in [1.82, 2.24) is 4.90 Å². The van der Waals surface area contributed by atoms with Crippen molar-refractivity contribution < 1.29 is 14.6 Å². The number of ether oxygens (including phenoxy) is 1. The third-order valence-electron chi connectivity index (χ3n) is 4.83. The van der Waals surface area contributed by atoms with E-state index in [-0.39, 0.29) is 12.0 Å². The van der Waals surface area contributed by atoms with Crippen LogP contribution in [-0.4, -0.2) is 42.2 Å². The van der Waals surface area contributed by atoms with Gasteiger partial charge >= 0.3 is 5.97 Å². The van der Waals surface area contributed by atoms with E-state index in [1.807, 2.05) is 36.4 Å². The highest BCUT2D eigenvalue weighted by Gasteiger charge is 2.24. The highest BCUT2D eigenvalue weighted by Crippen LogP contribution is 2.26. The van der Waals surface area contributed by atoms with E-state index < -0.39 is 5.97 Å². The molecule has 132 valence electrons. The second kappa shape index (κ2) is 8.79. The van der Waals surface area contributed by atoms with Crippen molar-refractivity contribution in [3.63, 3.8) is 0 Å². The summed E-state index contributed by atoms with van der Waals surface area (Å²) in [6, 6.07) is 20.5. The maximum absolute atomic E-state index is 11.0. The molecule has 1 N–H and O–H groups in total. The molecule has 0 atom stereocenters. The summed E-state index contributed by atoms with van der Waals surface area (Å²) in [5, 5.41) is 9.08. The zero-order valence-corrected chi connectivity index (χ0v) is 14.4. The molecule has 0 bridgehead atoms. The minimum Gasteiger partial charge on any atom is -0.481 e. The second-order valence-electron chi connectivity index (χ2n) is 6.53. The summed E-state index contributed by atoms with van der Waals surface area (Å²) in [7, 11) is 0. The molecule has 1 aliphatic rings. The first-order valence-electron chi connectivity index (χ1n) is 8.90. The van der Waals surface area contributed by atoms with Crippen molar-refractivity contribution in [2.75, 3.05) is 26.2 Å². The maximum Gasteiger partial charge on any atom is 0.306 e. The van der Waals surface area contributed by atoms with Crippen molar-refractivity contribution in [2.24, 2.45) is 5.92 Å². The molecule has 1 heterocycles. The molecule has 0 saturated carbocycles. The zero-order valence-electron chi connectivity index (χ0n) is 14.4.